The van der Waals surface area contributed by atoms with Gasteiger partial charge in [-0.25, -0.2) is 4.39 Å². The van der Waals surface area contributed by atoms with Crippen LogP contribution in [0.2, 0.25) is 0 Å². The van der Waals surface area contributed by atoms with Crippen LogP contribution in [0.25, 0.3) is 6.08 Å². The highest BCUT2D eigenvalue weighted by Crippen LogP contribution is 2.23. The second kappa shape index (κ2) is 6.43. The lowest BCUT2D eigenvalue weighted by atomic mass is 10.1. The third kappa shape index (κ3) is 4.44. The first-order valence-corrected chi connectivity index (χ1v) is 6.18. The van der Waals surface area contributed by atoms with Crippen LogP contribution in [0.1, 0.15) is 15.9 Å². The lowest BCUT2D eigenvalue weighted by Crippen LogP contribution is -2.16. The Kier molecular flexibility index (Phi) is 4.60. The standard InChI is InChI=1S/C16H10F4O2/c17-14(15(21)12-4-2-1-3-5-12)10-11-6-8-13(9-7-11)22-16(18,19)20/h1-10H/b14-10-. The number of ether oxygens (including phenoxy) is 1. The number of Topliss-reactive ketones (excluding diaryl/α,β-unsaturated/α-hetero) is 1. The summed E-state index contributed by atoms with van der Waals surface area (Å²) in [5, 5.41) is 0. The summed E-state index contributed by atoms with van der Waals surface area (Å²) in [5.41, 5.74) is 0.435. The SMILES string of the molecule is O=C(/C(F)=C/c1ccc(OC(F)(F)F)cc1)c1ccccc1. The Morgan fingerprint density at radius 3 is 2.09 bits per heavy atom. The van der Waals surface area contributed by atoms with Gasteiger partial charge in [-0.3, -0.25) is 4.79 Å². The topological polar surface area (TPSA) is 26.3 Å². The Morgan fingerprint density at radius 2 is 1.55 bits per heavy atom. The highest BCUT2D eigenvalue weighted by molar-refractivity contribution is 6.09. The number of hydrogen-bond acceptors (Lipinski definition) is 2. The van der Waals surface area contributed by atoms with Gasteiger partial charge in [-0.05, 0) is 23.8 Å². The number of alkyl halides is 3. The van der Waals surface area contributed by atoms with Gasteiger partial charge < -0.3 is 4.74 Å². The fraction of sp³-hybridized carbons (Fsp3) is 0.0625. The number of ketones is 1. The van der Waals surface area contributed by atoms with Gasteiger partial charge in [0.05, 0.1) is 0 Å². The molecular formula is C16H10F4O2. The molecule has 0 saturated heterocycles. The lowest BCUT2D eigenvalue weighted by Gasteiger charge is -2.08. The van der Waals surface area contributed by atoms with Gasteiger partial charge in [0.2, 0.25) is 5.78 Å². The number of hydrogen-bond donors (Lipinski definition) is 0. The first kappa shape index (κ1) is 15.8. The van der Waals surface area contributed by atoms with E-state index in [1.165, 1.54) is 24.3 Å². The van der Waals surface area contributed by atoms with Gasteiger partial charge in [0.25, 0.3) is 0 Å². The van der Waals surface area contributed by atoms with Crippen LogP contribution in [-0.4, -0.2) is 12.1 Å². The normalized spacial score (nSPS) is 12.1. The van der Waals surface area contributed by atoms with Crippen LogP contribution in [0.5, 0.6) is 5.75 Å². The predicted octanol–water partition coefficient (Wildman–Crippen LogP) is 4.78. The molecule has 2 rings (SSSR count). The molecule has 0 saturated carbocycles. The van der Waals surface area contributed by atoms with Crippen molar-refractivity contribution in [3.8, 4) is 5.75 Å². The van der Waals surface area contributed by atoms with Crippen molar-refractivity contribution in [2.24, 2.45) is 0 Å². The smallest absolute Gasteiger partial charge is 0.406 e. The van der Waals surface area contributed by atoms with Crippen LogP contribution in [0.3, 0.4) is 0 Å². The monoisotopic (exact) mass is 310 g/mol. The van der Waals surface area contributed by atoms with Crippen molar-refractivity contribution in [3.63, 3.8) is 0 Å². The zero-order chi connectivity index (χ0) is 16.2. The van der Waals surface area contributed by atoms with Gasteiger partial charge in [0.1, 0.15) is 5.75 Å². The van der Waals surface area contributed by atoms with Gasteiger partial charge in [-0.1, -0.05) is 42.5 Å². The number of rotatable bonds is 4. The van der Waals surface area contributed by atoms with Crippen LogP contribution in [0, 0.1) is 0 Å². The van der Waals surface area contributed by atoms with Gasteiger partial charge in [0, 0.05) is 5.56 Å². The van der Waals surface area contributed by atoms with Crippen LogP contribution < -0.4 is 4.74 Å². The second-order valence-corrected chi connectivity index (χ2v) is 4.30. The first-order chi connectivity index (χ1) is 10.3. The van der Waals surface area contributed by atoms with E-state index in [4.69, 9.17) is 0 Å². The predicted molar refractivity (Wildman–Crippen MR) is 73.0 cm³/mol. The molecule has 0 heterocycles. The number of allylic oxidation sites excluding steroid dienone is 1. The number of carbonyl (C=O) groups excluding carboxylic acids is 1. The molecule has 0 N–H and O–H groups in total. The molecule has 2 nitrogen and oxygen atoms in total. The third-order valence-electron chi connectivity index (χ3n) is 2.66. The summed E-state index contributed by atoms with van der Waals surface area (Å²) in [4.78, 5) is 11.8. The summed E-state index contributed by atoms with van der Waals surface area (Å²) >= 11 is 0. The molecular weight excluding hydrogens is 300 g/mol. The zero-order valence-electron chi connectivity index (χ0n) is 11.1. The Hall–Kier alpha value is -2.63. The van der Waals surface area contributed by atoms with E-state index < -0.39 is 23.7 Å². The molecule has 114 valence electrons. The van der Waals surface area contributed by atoms with Crippen LogP contribution in [-0.2, 0) is 0 Å². The summed E-state index contributed by atoms with van der Waals surface area (Å²) in [6.45, 7) is 0. The molecule has 0 aliphatic carbocycles. The minimum atomic E-state index is -4.79. The van der Waals surface area contributed by atoms with Crippen molar-refractivity contribution < 1.29 is 27.1 Å². The summed E-state index contributed by atoms with van der Waals surface area (Å²) < 4.78 is 53.6. The van der Waals surface area contributed by atoms with Crippen molar-refractivity contribution >= 4 is 11.9 Å². The molecule has 0 bridgehead atoms. The Bertz CT molecular complexity index is 674. The molecule has 0 radical (unpaired) electrons. The molecule has 0 atom stereocenters. The Morgan fingerprint density at radius 1 is 0.955 bits per heavy atom. The minimum Gasteiger partial charge on any atom is -0.406 e. The number of benzene rings is 2. The van der Waals surface area contributed by atoms with Crippen molar-refractivity contribution in [1.82, 2.24) is 0 Å². The molecule has 2 aromatic carbocycles. The van der Waals surface area contributed by atoms with Gasteiger partial charge in [0.15, 0.2) is 5.83 Å². The molecule has 0 unspecified atom stereocenters. The quantitative estimate of drug-likeness (QED) is 0.461. The maximum Gasteiger partial charge on any atom is 0.573 e. The molecule has 0 aliphatic heterocycles. The van der Waals surface area contributed by atoms with E-state index >= 15 is 0 Å². The van der Waals surface area contributed by atoms with Crippen molar-refractivity contribution in [2.75, 3.05) is 0 Å². The van der Waals surface area contributed by atoms with Gasteiger partial charge in [-0.2, -0.15) is 0 Å². The largest absolute Gasteiger partial charge is 0.573 e. The fourth-order valence-corrected chi connectivity index (χ4v) is 1.71. The Labute approximate surface area is 123 Å². The highest BCUT2D eigenvalue weighted by Gasteiger charge is 2.30. The minimum absolute atomic E-state index is 0.188. The third-order valence-corrected chi connectivity index (χ3v) is 2.66. The van der Waals surface area contributed by atoms with Crippen LogP contribution in [0.4, 0.5) is 17.6 Å². The van der Waals surface area contributed by atoms with E-state index in [0.29, 0.717) is 0 Å². The highest BCUT2D eigenvalue weighted by atomic mass is 19.4. The van der Waals surface area contributed by atoms with E-state index in [0.717, 1.165) is 18.2 Å². The van der Waals surface area contributed by atoms with E-state index in [2.05, 4.69) is 4.74 Å². The number of halogens is 4. The molecule has 0 aliphatic rings. The van der Waals surface area contributed by atoms with E-state index in [9.17, 15) is 22.4 Å². The Balaban J connectivity index is 2.13. The van der Waals surface area contributed by atoms with E-state index in [-0.39, 0.29) is 11.1 Å². The molecule has 2 aromatic rings. The van der Waals surface area contributed by atoms with E-state index in [1.807, 2.05) is 0 Å². The lowest BCUT2D eigenvalue weighted by molar-refractivity contribution is -0.274. The fourth-order valence-electron chi connectivity index (χ4n) is 1.71. The first-order valence-electron chi connectivity index (χ1n) is 6.18. The summed E-state index contributed by atoms with van der Waals surface area (Å²) in [5.74, 6) is -2.22. The maximum absolute atomic E-state index is 13.8. The zero-order valence-corrected chi connectivity index (χ0v) is 11.1. The van der Waals surface area contributed by atoms with Crippen molar-refractivity contribution in [3.05, 3.63) is 71.6 Å². The second-order valence-electron chi connectivity index (χ2n) is 4.30. The summed E-state index contributed by atoms with van der Waals surface area (Å²) in [6, 6.07) is 12.4. The summed E-state index contributed by atoms with van der Waals surface area (Å²) in [7, 11) is 0. The molecule has 6 heteroatoms. The maximum atomic E-state index is 13.8. The van der Waals surface area contributed by atoms with Gasteiger partial charge in [-0.15, -0.1) is 13.2 Å². The van der Waals surface area contributed by atoms with Crippen LogP contribution in [0.15, 0.2) is 60.4 Å². The number of carbonyl (C=O) groups is 1. The van der Waals surface area contributed by atoms with Crippen LogP contribution >= 0.6 is 0 Å². The molecule has 0 spiro atoms. The van der Waals surface area contributed by atoms with Gasteiger partial charge >= 0.3 is 6.36 Å². The molecule has 0 fully saturated rings. The molecule has 0 amide bonds. The average molecular weight is 310 g/mol. The van der Waals surface area contributed by atoms with Crippen molar-refractivity contribution in [1.29, 1.82) is 0 Å². The average Bonchev–Trinajstić information content (AvgIpc) is 2.48. The molecule has 0 aromatic heterocycles. The summed E-state index contributed by atoms with van der Waals surface area (Å²) in [6.07, 6.45) is -3.83. The van der Waals surface area contributed by atoms with Crippen molar-refractivity contribution in [2.45, 2.75) is 6.36 Å². The van der Waals surface area contributed by atoms with E-state index in [1.54, 1.807) is 18.2 Å². The molecule has 22 heavy (non-hydrogen) atoms.